The Morgan fingerprint density at radius 2 is 1.79 bits per heavy atom. The van der Waals surface area contributed by atoms with E-state index in [-0.39, 0.29) is 4.90 Å². The van der Waals surface area contributed by atoms with E-state index in [1.807, 2.05) is 0 Å². The predicted octanol–water partition coefficient (Wildman–Crippen LogP) is 2.94. The maximum atomic E-state index is 13.5. The monoisotopic (exact) mass is 351 g/mol. The normalized spacial score (nSPS) is 12.5. The lowest BCUT2D eigenvalue weighted by Gasteiger charge is -2.15. The number of hydrogen-bond donors (Lipinski definition) is 1. The molecule has 0 aliphatic rings. The number of rotatable bonds is 5. The highest BCUT2D eigenvalue weighted by molar-refractivity contribution is 7.90. The average molecular weight is 351 g/mol. The van der Waals surface area contributed by atoms with Crippen LogP contribution in [0.4, 0.5) is 10.1 Å². The van der Waals surface area contributed by atoms with Gasteiger partial charge in [0.15, 0.2) is 15.9 Å². The predicted molar refractivity (Wildman–Crippen MR) is 89.4 cm³/mol. The lowest BCUT2D eigenvalue weighted by molar-refractivity contribution is -0.122. The summed E-state index contributed by atoms with van der Waals surface area (Å²) in [4.78, 5) is 12.3. The molecule has 5 nitrogen and oxygen atoms in total. The van der Waals surface area contributed by atoms with Crippen molar-refractivity contribution < 1.29 is 22.3 Å². The van der Waals surface area contributed by atoms with Gasteiger partial charge in [-0.25, -0.2) is 12.8 Å². The fraction of sp³-hybridized carbons (Fsp3) is 0.235. The first-order valence-electron chi connectivity index (χ1n) is 7.20. The van der Waals surface area contributed by atoms with Crippen molar-refractivity contribution in [2.75, 3.05) is 11.6 Å². The molecule has 1 unspecified atom stereocenters. The average Bonchev–Trinajstić information content (AvgIpc) is 2.50. The second-order valence-corrected chi connectivity index (χ2v) is 7.47. The van der Waals surface area contributed by atoms with Gasteiger partial charge in [0.2, 0.25) is 0 Å². The van der Waals surface area contributed by atoms with Gasteiger partial charge in [-0.15, -0.1) is 0 Å². The standard InChI is InChI=1S/C17H18FNO4S/c1-11-4-5-13(10-16(11)18)19-17(20)12(2)23-14-6-8-15(9-7-14)24(3,21)22/h4-10,12H,1-3H3,(H,19,20). The molecule has 0 radical (unpaired) electrons. The van der Waals surface area contributed by atoms with Crippen molar-refractivity contribution in [1.29, 1.82) is 0 Å². The van der Waals surface area contributed by atoms with Crippen molar-refractivity contribution in [3.63, 3.8) is 0 Å². The van der Waals surface area contributed by atoms with Gasteiger partial charge in [-0.3, -0.25) is 4.79 Å². The lowest BCUT2D eigenvalue weighted by Crippen LogP contribution is -2.30. The quantitative estimate of drug-likeness (QED) is 0.899. The Balaban J connectivity index is 2.02. The summed E-state index contributed by atoms with van der Waals surface area (Å²) in [6.07, 6.45) is 0.276. The molecule has 2 rings (SSSR count). The van der Waals surface area contributed by atoms with E-state index in [0.29, 0.717) is 17.0 Å². The summed E-state index contributed by atoms with van der Waals surface area (Å²) in [5.74, 6) is -0.483. The molecular weight excluding hydrogens is 333 g/mol. The molecule has 2 aromatic carbocycles. The Kier molecular flexibility index (Phi) is 5.23. The van der Waals surface area contributed by atoms with E-state index in [2.05, 4.69) is 5.32 Å². The molecule has 24 heavy (non-hydrogen) atoms. The molecule has 0 aliphatic carbocycles. The Morgan fingerprint density at radius 1 is 1.17 bits per heavy atom. The van der Waals surface area contributed by atoms with Crippen molar-refractivity contribution in [3.8, 4) is 5.75 Å². The number of anilines is 1. The minimum atomic E-state index is -3.28. The maximum absolute atomic E-state index is 13.5. The number of sulfone groups is 1. The Morgan fingerprint density at radius 3 is 2.33 bits per heavy atom. The summed E-state index contributed by atoms with van der Waals surface area (Å²) in [6, 6.07) is 10.2. The molecule has 128 valence electrons. The first-order chi connectivity index (χ1) is 11.2. The molecule has 1 atom stereocenters. The number of carbonyl (C=O) groups is 1. The SMILES string of the molecule is Cc1ccc(NC(=O)C(C)Oc2ccc(S(C)(=O)=O)cc2)cc1F. The van der Waals surface area contributed by atoms with Crippen LogP contribution in [0.1, 0.15) is 12.5 Å². The van der Waals surface area contributed by atoms with E-state index in [4.69, 9.17) is 4.74 Å². The molecule has 0 spiro atoms. The number of ether oxygens (including phenoxy) is 1. The highest BCUT2D eigenvalue weighted by Gasteiger charge is 2.16. The van der Waals surface area contributed by atoms with E-state index >= 15 is 0 Å². The van der Waals surface area contributed by atoms with Crippen LogP contribution >= 0.6 is 0 Å². The first kappa shape index (κ1) is 17.9. The zero-order chi connectivity index (χ0) is 17.9. The largest absolute Gasteiger partial charge is 0.481 e. The zero-order valence-corrected chi connectivity index (χ0v) is 14.4. The second-order valence-electron chi connectivity index (χ2n) is 5.46. The van der Waals surface area contributed by atoms with Crippen LogP contribution in [0.5, 0.6) is 5.75 Å². The van der Waals surface area contributed by atoms with Crippen molar-refractivity contribution in [2.24, 2.45) is 0 Å². The van der Waals surface area contributed by atoms with E-state index in [1.165, 1.54) is 30.3 Å². The van der Waals surface area contributed by atoms with Crippen LogP contribution in [0, 0.1) is 12.7 Å². The number of nitrogens with one attached hydrogen (secondary N) is 1. The highest BCUT2D eigenvalue weighted by Crippen LogP contribution is 2.18. The molecule has 0 aliphatic heterocycles. The van der Waals surface area contributed by atoms with Crippen molar-refractivity contribution in [2.45, 2.75) is 24.8 Å². The van der Waals surface area contributed by atoms with Gasteiger partial charge >= 0.3 is 0 Å². The Bertz CT molecular complexity index is 847. The van der Waals surface area contributed by atoms with Crippen LogP contribution in [-0.4, -0.2) is 26.7 Å². The van der Waals surface area contributed by atoms with E-state index < -0.39 is 27.7 Å². The summed E-state index contributed by atoms with van der Waals surface area (Å²) in [6.45, 7) is 3.18. The van der Waals surface area contributed by atoms with Crippen molar-refractivity contribution in [1.82, 2.24) is 0 Å². The Labute approximate surface area is 140 Å². The number of carbonyl (C=O) groups excluding carboxylic acids is 1. The van der Waals surface area contributed by atoms with Crippen LogP contribution in [0.3, 0.4) is 0 Å². The van der Waals surface area contributed by atoms with Gasteiger partial charge in [-0.1, -0.05) is 6.07 Å². The topological polar surface area (TPSA) is 72.5 Å². The van der Waals surface area contributed by atoms with E-state index in [9.17, 15) is 17.6 Å². The summed E-state index contributed by atoms with van der Waals surface area (Å²) in [7, 11) is -3.28. The molecule has 0 aromatic heterocycles. The molecule has 0 heterocycles. The van der Waals surface area contributed by atoms with Crippen LogP contribution in [0.15, 0.2) is 47.4 Å². The van der Waals surface area contributed by atoms with Crippen molar-refractivity contribution in [3.05, 3.63) is 53.8 Å². The molecule has 7 heteroatoms. The Hall–Kier alpha value is -2.41. The smallest absolute Gasteiger partial charge is 0.265 e. The number of halogens is 1. The molecule has 0 bridgehead atoms. The van der Waals surface area contributed by atoms with Crippen molar-refractivity contribution >= 4 is 21.4 Å². The number of amides is 1. The third kappa shape index (κ3) is 4.55. The second kappa shape index (κ2) is 7.00. The van der Waals surface area contributed by atoms with Gasteiger partial charge < -0.3 is 10.1 Å². The maximum Gasteiger partial charge on any atom is 0.265 e. The molecule has 1 amide bonds. The summed E-state index contributed by atoms with van der Waals surface area (Å²) < 4.78 is 41.7. The fourth-order valence-corrected chi connectivity index (χ4v) is 2.57. The zero-order valence-electron chi connectivity index (χ0n) is 13.5. The summed E-state index contributed by atoms with van der Waals surface area (Å²) in [5.41, 5.74) is 0.828. The third-order valence-corrected chi connectivity index (χ3v) is 4.50. The van der Waals surface area contributed by atoms with Gasteiger partial charge in [0.1, 0.15) is 11.6 Å². The van der Waals surface area contributed by atoms with Gasteiger partial charge in [-0.2, -0.15) is 0 Å². The minimum Gasteiger partial charge on any atom is -0.481 e. The summed E-state index contributed by atoms with van der Waals surface area (Å²) >= 11 is 0. The molecule has 2 aromatic rings. The summed E-state index contributed by atoms with van der Waals surface area (Å²) in [5, 5.41) is 2.57. The van der Waals surface area contributed by atoms with Crippen LogP contribution in [0.2, 0.25) is 0 Å². The number of benzene rings is 2. The first-order valence-corrected chi connectivity index (χ1v) is 9.10. The fourth-order valence-electron chi connectivity index (χ4n) is 1.94. The third-order valence-electron chi connectivity index (χ3n) is 3.37. The minimum absolute atomic E-state index is 0.169. The van der Waals surface area contributed by atoms with Gasteiger partial charge in [0, 0.05) is 11.9 Å². The van der Waals surface area contributed by atoms with Gasteiger partial charge in [0.05, 0.1) is 4.90 Å². The number of aryl methyl sites for hydroxylation is 1. The molecule has 0 saturated heterocycles. The van der Waals surface area contributed by atoms with Gasteiger partial charge in [-0.05, 0) is 55.8 Å². The lowest BCUT2D eigenvalue weighted by atomic mass is 10.2. The highest BCUT2D eigenvalue weighted by atomic mass is 32.2. The van der Waals surface area contributed by atoms with E-state index in [0.717, 1.165) is 6.26 Å². The van der Waals surface area contributed by atoms with Crippen LogP contribution in [0.25, 0.3) is 0 Å². The van der Waals surface area contributed by atoms with E-state index in [1.54, 1.807) is 26.0 Å². The van der Waals surface area contributed by atoms with Crippen LogP contribution < -0.4 is 10.1 Å². The van der Waals surface area contributed by atoms with Gasteiger partial charge in [0.25, 0.3) is 5.91 Å². The molecule has 1 N–H and O–H groups in total. The molecule has 0 saturated carbocycles. The number of hydrogen-bond acceptors (Lipinski definition) is 4. The van der Waals surface area contributed by atoms with Crippen LogP contribution in [-0.2, 0) is 14.6 Å². The molecule has 0 fully saturated rings. The molecular formula is C17H18FNO4S.